The standard InChI is InChI=1S/C11H10Br2N2OS/c1-6-5-17-10(15-6)3-9(16)11-8(13)2-7(12)4-14-11/h2,4-5,9,16H,3H2,1H3. The molecule has 0 aliphatic carbocycles. The Balaban J connectivity index is 2.17. The number of aryl methyl sites for hydroxylation is 1. The largest absolute Gasteiger partial charge is 0.386 e. The zero-order chi connectivity index (χ0) is 12.4. The van der Waals surface area contributed by atoms with Crippen LogP contribution >= 0.6 is 43.2 Å². The molecule has 0 saturated heterocycles. The summed E-state index contributed by atoms with van der Waals surface area (Å²) >= 11 is 8.29. The molecule has 6 heteroatoms. The van der Waals surface area contributed by atoms with E-state index < -0.39 is 6.10 Å². The van der Waals surface area contributed by atoms with Gasteiger partial charge in [0.05, 0.1) is 10.7 Å². The monoisotopic (exact) mass is 376 g/mol. The highest BCUT2D eigenvalue weighted by atomic mass is 79.9. The molecule has 2 aromatic heterocycles. The predicted octanol–water partition coefficient (Wildman–Crippen LogP) is 3.65. The van der Waals surface area contributed by atoms with Crippen LogP contribution in [0.2, 0.25) is 0 Å². The van der Waals surface area contributed by atoms with Crippen molar-refractivity contribution in [3.05, 3.63) is 43.0 Å². The Labute approximate surface area is 120 Å². The fourth-order valence-corrected chi connectivity index (χ4v) is 3.49. The van der Waals surface area contributed by atoms with E-state index in [9.17, 15) is 5.11 Å². The Kier molecular flexibility index (Phi) is 4.30. The minimum absolute atomic E-state index is 0.492. The highest BCUT2D eigenvalue weighted by molar-refractivity contribution is 9.11. The van der Waals surface area contributed by atoms with Gasteiger partial charge in [-0.1, -0.05) is 0 Å². The lowest BCUT2D eigenvalue weighted by Crippen LogP contribution is -2.05. The molecule has 0 radical (unpaired) electrons. The summed E-state index contributed by atoms with van der Waals surface area (Å²) in [6.07, 6.45) is 1.53. The van der Waals surface area contributed by atoms with Crippen molar-refractivity contribution in [1.29, 1.82) is 0 Å². The lowest BCUT2D eigenvalue weighted by molar-refractivity contribution is 0.172. The van der Waals surface area contributed by atoms with Gasteiger partial charge in [0.15, 0.2) is 0 Å². The molecule has 90 valence electrons. The average molecular weight is 378 g/mol. The van der Waals surface area contributed by atoms with Gasteiger partial charge in [0.25, 0.3) is 0 Å². The van der Waals surface area contributed by atoms with E-state index in [4.69, 9.17) is 0 Å². The molecular formula is C11H10Br2N2OS. The molecule has 0 fully saturated rings. The van der Waals surface area contributed by atoms with E-state index in [1.807, 2.05) is 18.4 Å². The van der Waals surface area contributed by atoms with Crippen molar-refractivity contribution in [1.82, 2.24) is 9.97 Å². The molecule has 0 spiro atoms. The molecule has 0 saturated carbocycles. The number of thiazole rings is 1. The molecular weight excluding hydrogens is 368 g/mol. The minimum Gasteiger partial charge on any atom is -0.386 e. The summed E-state index contributed by atoms with van der Waals surface area (Å²) in [5, 5.41) is 13.0. The molecule has 17 heavy (non-hydrogen) atoms. The van der Waals surface area contributed by atoms with E-state index in [1.54, 1.807) is 17.5 Å². The number of hydrogen-bond acceptors (Lipinski definition) is 4. The van der Waals surface area contributed by atoms with Crippen LogP contribution in [0.4, 0.5) is 0 Å². The van der Waals surface area contributed by atoms with Gasteiger partial charge in [-0.3, -0.25) is 4.98 Å². The van der Waals surface area contributed by atoms with Crippen LogP contribution in [0.3, 0.4) is 0 Å². The summed E-state index contributed by atoms with van der Waals surface area (Å²) < 4.78 is 1.68. The van der Waals surface area contributed by atoms with Crippen LogP contribution in [0.15, 0.2) is 26.6 Å². The molecule has 0 aromatic carbocycles. The summed E-state index contributed by atoms with van der Waals surface area (Å²) in [6.45, 7) is 1.94. The summed E-state index contributed by atoms with van der Waals surface area (Å²) in [5.41, 5.74) is 1.63. The normalized spacial score (nSPS) is 12.7. The number of pyridine rings is 1. The second-order valence-electron chi connectivity index (χ2n) is 3.62. The van der Waals surface area contributed by atoms with Gasteiger partial charge in [-0.15, -0.1) is 11.3 Å². The highest BCUT2D eigenvalue weighted by Gasteiger charge is 2.15. The van der Waals surface area contributed by atoms with Gasteiger partial charge in [-0.2, -0.15) is 0 Å². The maximum atomic E-state index is 10.1. The maximum Gasteiger partial charge on any atom is 0.103 e. The van der Waals surface area contributed by atoms with Crippen LogP contribution in [0.25, 0.3) is 0 Å². The maximum absolute atomic E-state index is 10.1. The van der Waals surface area contributed by atoms with E-state index in [-0.39, 0.29) is 0 Å². The molecule has 2 heterocycles. The molecule has 3 nitrogen and oxygen atoms in total. The number of halogens is 2. The Bertz CT molecular complexity index is 530. The van der Waals surface area contributed by atoms with Crippen molar-refractivity contribution in [3.8, 4) is 0 Å². The summed E-state index contributed by atoms with van der Waals surface area (Å²) in [4.78, 5) is 8.54. The Morgan fingerprint density at radius 2 is 2.24 bits per heavy atom. The van der Waals surface area contributed by atoms with Gasteiger partial charge in [0.2, 0.25) is 0 Å². The van der Waals surface area contributed by atoms with Gasteiger partial charge in [-0.25, -0.2) is 4.98 Å². The van der Waals surface area contributed by atoms with Crippen molar-refractivity contribution >= 4 is 43.2 Å². The van der Waals surface area contributed by atoms with Crippen LogP contribution in [0, 0.1) is 6.92 Å². The highest BCUT2D eigenvalue weighted by Crippen LogP contribution is 2.27. The molecule has 2 aromatic rings. The van der Waals surface area contributed by atoms with Crippen molar-refractivity contribution in [2.75, 3.05) is 0 Å². The van der Waals surface area contributed by atoms with E-state index in [1.165, 1.54) is 0 Å². The molecule has 1 atom stereocenters. The third-order valence-electron chi connectivity index (χ3n) is 2.19. The van der Waals surface area contributed by atoms with Crippen molar-refractivity contribution in [3.63, 3.8) is 0 Å². The van der Waals surface area contributed by atoms with Crippen LogP contribution < -0.4 is 0 Å². The first-order chi connectivity index (χ1) is 8.06. The van der Waals surface area contributed by atoms with Crippen LogP contribution in [0.5, 0.6) is 0 Å². The third kappa shape index (κ3) is 3.34. The first kappa shape index (κ1) is 13.1. The van der Waals surface area contributed by atoms with Crippen LogP contribution in [0.1, 0.15) is 22.5 Å². The van der Waals surface area contributed by atoms with Gasteiger partial charge >= 0.3 is 0 Å². The van der Waals surface area contributed by atoms with E-state index in [2.05, 4.69) is 41.8 Å². The Morgan fingerprint density at radius 3 is 2.82 bits per heavy atom. The second-order valence-corrected chi connectivity index (χ2v) is 6.34. The number of nitrogens with zero attached hydrogens (tertiary/aromatic N) is 2. The van der Waals surface area contributed by atoms with Gasteiger partial charge in [0, 0.05) is 32.6 Å². The van der Waals surface area contributed by atoms with Crippen molar-refractivity contribution < 1.29 is 5.11 Å². The van der Waals surface area contributed by atoms with Gasteiger partial charge < -0.3 is 5.11 Å². The third-order valence-corrected chi connectivity index (χ3v) is 4.24. The minimum atomic E-state index is -0.636. The molecule has 0 aliphatic heterocycles. The lowest BCUT2D eigenvalue weighted by atomic mass is 10.2. The molecule has 0 amide bonds. The number of aromatic nitrogens is 2. The number of rotatable bonds is 3. The molecule has 0 aliphatic rings. The molecule has 2 rings (SSSR count). The zero-order valence-electron chi connectivity index (χ0n) is 9.02. The first-order valence-electron chi connectivity index (χ1n) is 4.96. The fourth-order valence-electron chi connectivity index (χ4n) is 1.43. The predicted molar refractivity (Wildman–Crippen MR) is 75.2 cm³/mol. The summed E-state index contributed by atoms with van der Waals surface area (Å²) in [5.74, 6) is 0. The van der Waals surface area contributed by atoms with Crippen molar-refractivity contribution in [2.45, 2.75) is 19.4 Å². The lowest BCUT2D eigenvalue weighted by Gasteiger charge is -2.10. The Morgan fingerprint density at radius 1 is 1.47 bits per heavy atom. The number of hydrogen-bond donors (Lipinski definition) is 1. The van der Waals surface area contributed by atoms with Crippen molar-refractivity contribution in [2.24, 2.45) is 0 Å². The SMILES string of the molecule is Cc1csc(CC(O)c2ncc(Br)cc2Br)n1. The van der Waals surface area contributed by atoms with E-state index >= 15 is 0 Å². The average Bonchev–Trinajstić information content (AvgIpc) is 2.63. The smallest absolute Gasteiger partial charge is 0.103 e. The Hall–Kier alpha value is -0.300. The topological polar surface area (TPSA) is 46.0 Å². The quantitative estimate of drug-likeness (QED) is 0.887. The van der Waals surface area contributed by atoms with Gasteiger partial charge in [0.1, 0.15) is 6.10 Å². The van der Waals surface area contributed by atoms with Gasteiger partial charge in [-0.05, 0) is 44.8 Å². The summed E-state index contributed by atoms with van der Waals surface area (Å²) in [7, 11) is 0. The zero-order valence-corrected chi connectivity index (χ0v) is 13.0. The first-order valence-corrected chi connectivity index (χ1v) is 7.43. The number of aliphatic hydroxyl groups excluding tert-OH is 1. The fraction of sp³-hybridized carbons (Fsp3) is 0.273. The van der Waals surface area contributed by atoms with Crippen LogP contribution in [-0.4, -0.2) is 15.1 Å². The number of aliphatic hydroxyl groups is 1. The van der Waals surface area contributed by atoms with E-state index in [0.717, 1.165) is 19.6 Å². The molecule has 1 unspecified atom stereocenters. The molecule has 1 N–H and O–H groups in total. The summed E-state index contributed by atoms with van der Waals surface area (Å²) in [6, 6.07) is 1.87. The van der Waals surface area contributed by atoms with Crippen LogP contribution in [-0.2, 0) is 6.42 Å². The van der Waals surface area contributed by atoms with E-state index in [0.29, 0.717) is 12.1 Å². The second kappa shape index (κ2) is 5.56. The molecule has 0 bridgehead atoms.